The molecule has 44 heavy (non-hydrogen) atoms. The highest BCUT2D eigenvalue weighted by molar-refractivity contribution is 5.94. The molecule has 0 spiro atoms. The average molecular weight is 613 g/mol. The van der Waals surface area contributed by atoms with E-state index in [9.17, 15) is 19.2 Å². The Balaban J connectivity index is 2.55. The Bertz CT molecular complexity index is 1390. The third-order valence-corrected chi connectivity index (χ3v) is 7.64. The summed E-state index contributed by atoms with van der Waals surface area (Å²) in [7, 11) is 5.11. The minimum atomic E-state index is -1.04. The van der Waals surface area contributed by atoms with Crippen molar-refractivity contribution in [2.24, 2.45) is 12.5 Å². The molecule has 10 heteroatoms. The smallest absolute Gasteiger partial charge is 0.410 e. The van der Waals surface area contributed by atoms with Gasteiger partial charge in [0.2, 0.25) is 11.8 Å². The molecule has 244 valence electrons. The zero-order valence-corrected chi connectivity index (χ0v) is 28.8. The van der Waals surface area contributed by atoms with Crippen molar-refractivity contribution >= 4 is 34.8 Å². The summed E-state index contributed by atoms with van der Waals surface area (Å²) in [4.78, 5) is 56.5. The van der Waals surface area contributed by atoms with Crippen LogP contribution in [-0.2, 0) is 36.3 Å². The molecule has 0 aliphatic rings. The Labute approximate surface area is 262 Å². The van der Waals surface area contributed by atoms with Gasteiger partial charge in [-0.15, -0.1) is 0 Å². The maximum Gasteiger partial charge on any atom is 0.410 e. The molecule has 0 saturated heterocycles. The number of benzene rings is 1. The van der Waals surface area contributed by atoms with Crippen LogP contribution in [0.4, 0.5) is 4.79 Å². The summed E-state index contributed by atoms with van der Waals surface area (Å²) in [5, 5.41) is 3.96. The molecule has 0 aliphatic heterocycles. The number of hydrogen-bond acceptors (Lipinski definition) is 6. The van der Waals surface area contributed by atoms with E-state index in [-0.39, 0.29) is 19.1 Å². The van der Waals surface area contributed by atoms with E-state index in [1.807, 2.05) is 76.7 Å². The second-order valence-electron chi connectivity index (χ2n) is 14.0. The molecule has 1 N–H and O–H groups in total. The third kappa shape index (κ3) is 8.64. The summed E-state index contributed by atoms with van der Waals surface area (Å²) in [6, 6.07) is 5.92. The first-order chi connectivity index (χ1) is 20.1. The lowest BCUT2D eigenvalue weighted by Crippen LogP contribution is -2.62. The fourth-order valence-corrected chi connectivity index (χ4v) is 5.21. The Morgan fingerprint density at radius 2 is 1.59 bits per heavy atom. The molecule has 1 heterocycles. The molecule has 10 nitrogen and oxygen atoms in total. The highest BCUT2D eigenvalue weighted by Gasteiger charge is 2.46. The number of likely N-dealkylation sites (N-methyl/N-ethyl adjacent to an activating group) is 2. The normalized spacial score (nSPS) is 14.1. The van der Waals surface area contributed by atoms with E-state index in [2.05, 4.69) is 5.32 Å². The van der Waals surface area contributed by atoms with Gasteiger partial charge in [0, 0.05) is 55.8 Å². The van der Waals surface area contributed by atoms with Crippen molar-refractivity contribution in [2.45, 2.75) is 92.3 Å². The number of esters is 1. The van der Waals surface area contributed by atoms with Crippen molar-refractivity contribution in [3.63, 3.8) is 0 Å². The van der Waals surface area contributed by atoms with E-state index in [4.69, 9.17) is 9.47 Å². The topological polar surface area (TPSA) is 110 Å². The van der Waals surface area contributed by atoms with Crippen molar-refractivity contribution < 1.29 is 28.7 Å². The predicted molar refractivity (Wildman–Crippen MR) is 173 cm³/mol. The summed E-state index contributed by atoms with van der Waals surface area (Å²) in [6.45, 7) is 18.5. The summed E-state index contributed by atoms with van der Waals surface area (Å²) in [5.74, 6) is -1.27. The first-order valence-corrected chi connectivity index (χ1v) is 15.0. The van der Waals surface area contributed by atoms with Crippen LogP contribution in [0.5, 0.6) is 0 Å². The monoisotopic (exact) mass is 612 g/mol. The second kappa shape index (κ2) is 13.9. The second-order valence-corrected chi connectivity index (χ2v) is 14.0. The standard InChI is InChI=1S/C34H52N4O6/c1-14-43-30(41)22(2)19-20-36(11)29(40)26(32(3,4)5)35-28(39)27(38(13)31(42)44-33(6,7)8)34(9,10)24-21-37(12)25-18-16-15-17-23(24)25/h15-19,21,26-27H,14,20H2,1-13H3,(H,35,39)/b22-19+/t26-,27-/m1/s1. The van der Waals surface area contributed by atoms with E-state index in [1.165, 1.54) is 9.80 Å². The van der Waals surface area contributed by atoms with E-state index < -0.39 is 46.5 Å². The Kier molecular flexibility index (Phi) is 11.5. The molecule has 2 atom stereocenters. The molecule has 2 aromatic rings. The molecule has 0 bridgehead atoms. The van der Waals surface area contributed by atoms with Gasteiger partial charge >= 0.3 is 12.1 Å². The number of aryl methyl sites for hydroxylation is 1. The molecular formula is C34H52N4O6. The summed E-state index contributed by atoms with van der Waals surface area (Å²) >= 11 is 0. The molecule has 0 saturated carbocycles. The number of fused-ring (bicyclic) bond motifs is 1. The molecule has 0 unspecified atom stereocenters. The first-order valence-electron chi connectivity index (χ1n) is 15.0. The number of aromatic nitrogens is 1. The number of nitrogens with zero attached hydrogens (tertiary/aromatic N) is 3. The highest BCUT2D eigenvalue weighted by Crippen LogP contribution is 2.37. The number of para-hydroxylation sites is 1. The van der Waals surface area contributed by atoms with Crippen molar-refractivity contribution in [3.05, 3.63) is 47.7 Å². The van der Waals surface area contributed by atoms with Crippen LogP contribution in [0.3, 0.4) is 0 Å². The highest BCUT2D eigenvalue weighted by atomic mass is 16.6. The van der Waals surface area contributed by atoms with Gasteiger partial charge in [-0.2, -0.15) is 0 Å². The van der Waals surface area contributed by atoms with Gasteiger partial charge in [0.1, 0.15) is 17.7 Å². The number of nitrogens with one attached hydrogen (secondary N) is 1. The van der Waals surface area contributed by atoms with Crippen molar-refractivity contribution in [1.29, 1.82) is 0 Å². The minimum absolute atomic E-state index is 0.147. The van der Waals surface area contributed by atoms with Crippen LogP contribution < -0.4 is 5.32 Å². The lowest BCUT2D eigenvalue weighted by atomic mass is 9.76. The van der Waals surface area contributed by atoms with Gasteiger partial charge in [-0.05, 0) is 51.7 Å². The third-order valence-electron chi connectivity index (χ3n) is 7.64. The Morgan fingerprint density at radius 3 is 2.14 bits per heavy atom. The van der Waals surface area contributed by atoms with E-state index >= 15 is 0 Å². The molecular weight excluding hydrogens is 560 g/mol. The van der Waals surface area contributed by atoms with E-state index in [1.54, 1.807) is 54.8 Å². The van der Waals surface area contributed by atoms with Gasteiger partial charge < -0.3 is 24.3 Å². The van der Waals surface area contributed by atoms with Gasteiger partial charge in [0.15, 0.2) is 0 Å². The van der Waals surface area contributed by atoms with Crippen LogP contribution in [0, 0.1) is 5.41 Å². The largest absolute Gasteiger partial charge is 0.463 e. The number of rotatable bonds is 10. The maximum absolute atomic E-state index is 14.4. The van der Waals surface area contributed by atoms with Gasteiger partial charge in [-0.25, -0.2) is 9.59 Å². The van der Waals surface area contributed by atoms with E-state index in [0.717, 1.165) is 16.5 Å². The number of ether oxygens (including phenoxy) is 2. The van der Waals surface area contributed by atoms with Crippen LogP contribution in [0.1, 0.15) is 74.8 Å². The Morgan fingerprint density at radius 1 is 1.00 bits per heavy atom. The maximum atomic E-state index is 14.4. The molecule has 1 aromatic carbocycles. The Hall–Kier alpha value is -3.82. The molecule has 0 fully saturated rings. The van der Waals surface area contributed by atoms with Gasteiger partial charge in [-0.3, -0.25) is 14.5 Å². The average Bonchev–Trinajstić information content (AvgIpc) is 3.25. The summed E-state index contributed by atoms with van der Waals surface area (Å²) in [6.07, 6.45) is 2.95. The molecule has 3 amide bonds. The molecule has 2 rings (SSSR count). The SMILES string of the molecule is CCOC(=O)/C(C)=C/CN(C)C(=O)[C@@H](NC(=O)[C@@H](N(C)C(=O)OC(C)(C)C)C(C)(C)c1cn(C)c2ccccc12)C(C)(C)C. The number of carbonyl (C=O) groups is 4. The van der Waals surface area contributed by atoms with Gasteiger partial charge in [0.05, 0.1) is 6.61 Å². The number of amides is 3. The lowest BCUT2D eigenvalue weighted by molar-refractivity contribution is -0.140. The van der Waals surface area contributed by atoms with Crippen LogP contribution in [-0.4, -0.2) is 83.2 Å². The molecule has 0 radical (unpaired) electrons. The minimum Gasteiger partial charge on any atom is -0.463 e. The summed E-state index contributed by atoms with van der Waals surface area (Å²) in [5.41, 5.74) is -0.115. The van der Waals surface area contributed by atoms with Gasteiger partial charge in [0.25, 0.3) is 0 Å². The summed E-state index contributed by atoms with van der Waals surface area (Å²) < 4.78 is 12.7. The lowest BCUT2D eigenvalue weighted by Gasteiger charge is -2.41. The van der Waals surface area contributed by atoms with Crippen LogP contribution >= 0.6 is 0 Å². The van der Waals surface area contributed by atoms with Crippen molar-refractivity contribution in [3.8, 4) is 0 Å². The number of hydrogen-bond donors (Lipinski definition) is 1. The number of carbonyl (C=O) groups excluding carboxylic acids is 4. The first kappa shape index (κ1) is 36.4. The molecule has 0 aliphatic carbocycles. The molecule has 1 aromatic heterocycles. The van der Waals surface area contributed by atoms with Crippen LogP contribution in [0.15, 0.2) is 42.1 Å². The van der Waals surface area contributed by atoms with Crippen molar-refractivity contribution in [2.75, 3.05) is 27.2 Å². The van der Waals surface area contributed by atoms with Crippen LogP contribution in [0.25, 0.3) is 10.9 Å². The zero-order valence-electron chi connectivity index (χ0n) is 28.8. The predicted octanol–water partition coefficient (Wildman–Crippen LogP) is 5.19. The zero-order chi connectivity index (χ0) is 33.8. The van der Waals surface area contributed by atoms with Crippen molar-refractivity contribution in [1.82, 2.24) is 19.7 Å². The quantitative estimate of drug-likeness (QED) is 0.292. The van der Waals surface area contributed by atoms with Crippen LogP contribution in [0.2, 0.25) is 0 Å². The van der Waals surface area contributed by atoms with E-state index in [0.29, 0.717) is 5.57 Å². The fourth-order valence-electron chi connectivity index (χ4n) is 5.21. The fraction of sp³-hybridized carbons (Fsp3) is 0.588. The van der Waals surface area contributed by atoms with Gasteiger partial charge in [-0.1, -0.05) is 58.9 Å².